The van der Waals surface area contributed by atoms with E-state index >= 15 is 0 Å². The Bertz CT molecular complexity index is 346. The quantitative estimate of drug-likeness (QED) is 0.834. The van der Waals surface area contributed by atoms with Crippen LogP contribution in [0.2, 0.25) is 0 Å². The molecule has 1 heteroatoms. The van der Waals surface area contributed by atoms with Gasteiger partial charge in [-0.2, -0.15) is 0 Å². The first-order chi connectivity index (χ1) is 8.72. The van der Waals surface area contributed by atoms with Gasteiger partial charge in [-0.1, -0.05) is 57.4 Å². The number of rotatable bonds is 4. The van der Waals surface area contributed by atoms with E-state index in [0.29, 0.717) is 11.8 Å². The molecule has 1 nitrogen and oxygen atoms in total. The summed E-state index contributed by atoms with van der Waals surface area (Å²) in [6.07, 6.45) is 6.94. The molecule has 1 atom stereocenters. The molecule has 1 unspecified atom stereocenters. The summed E-state index contributed by atoms with van der Waals surface area (Å²) in [6.45, 7) is 5.29. The van der Waals surface area contributed by atoms with Gasteiger partial charge < -0.3 is 5.73 Å². The molecule has 18 heavy (non-hydrogen) atoms. The molecule has 2 N–H and O–H groups in total. The van der Waals surface area contributed by atoms with Gasteiger partial charge in [-0.25, -0.2) is 0 Å². The molecule has 1 fully saturated rings. The Labute approximate surface area is 112 Å². The van der Waals surface area contributed by atoms with Gasteiger partial charge in [0.05, 0.1) is 0 Å². The van der Waals surface area contributed by atoms with Gasteiger partial charge in [-0.3, -0.25) is 0 Å². The maximum absolute atomic E-state index is 6.03. The largest absolute Gasteiger partial charge is 0.330 e. The molecule has 1 saturated carbocycles. The SMILES string of the molecule is CC(C)c1ccc(C(CN)C2CCCCC2)cc1. The van der Waals surface area contributed by atoms with E-state index in [2.05, 4.69) is 38.1 Å². The minimum atomic E-state index is 0.575. The molecule has 1 aliphatic rings. The van der Waals surface area contributed by atoms with Crippen molar-refractivity contribution in [3.63, 3.8) is 0 Å². The summed E-state index contributed by atoms with van der Waals surface area (Å²) in [5, 5.41) is 0. The molecular formula is C17H27N. The van der Waals surface area contributed by atoms with E-state index in [0.717, 1.165) is 12.5 Å². The van der Waals surface area contributed by atoms with E-state index in [-0.39, 0.29) is 0 Å². The fourth-order valence-electron chi connectivity index (χ4n) is 3.27. The Morgan fingerprint density at radius 2 is 1.56 bits per heavy atom. The lowest BCUT2D eigenvalue weighted by Crippen LogP contribution is -2.23. The van der Waals surface area contributed by atoms with Crippen LogP contribution in [-0.4, -0.2) is 6.54 Å². The van der Waals surface area contributed by atoms with E-state index in [9.17, 15) is 0 Å². The maximum Gasteiger partial charge on any atom is -0.000556 e. The van der Waals surface area contributed by atoms with Crippen molar-refractivity contribution >= 4 is 0 Å². The smallest absolute Gasteiger partial charge is 0.000556 e. The predicted molar refractivity (Wildman–Crippen MR) is 78.9 cm³/mol. The summed E-state index contributed by atoms with van der Waals surface area (Å²) in [4.78, 5) is 0. The van der Waals surface area contributed by atoms with Gasteiger partial charge in [0.2, 0.25) is 0 Å². The van der Waals surface area contributed by atoms with E-state index in [1.54, 1.807) is 0 Å². The molecule has 0 bridgehead atoms. The van der Waals surface area contributed by atoms with Gasteiger partial charge in [0.1, 0.15) is 0 Å². The summed E-state index contributed by atoms with van der Waals surface area (Å²) < 4.78 is 0. The van der Waals surface area contributed by atoms with Crippen LogP contribution in [-0.2, 0) is 0 Å². The van der Waals surface area contributed by atoms with Crippen molar-refractivity contribution in [3.8, 4) is 0 Å². The average molecular weight is 245 g/mol. The fourth-order valence-corrected chi connectivity index (χ4v) is 3.27. The highest BCUT2D eigenvalue weighted by Gasteiger charge is 2.23. The molecule has 1 aliphatic carbocycles. The third-order valence-corrected chi connectivity index (χ3v) is 4.50. The van der Waals surface area contributed by atoms with Crippen LogP contribution in [0.1, 0.15) is 68.9 Å². The minimum Gasteiger partial charge on any atom is -0.330 e. The van der Waals surface area contributed by atoms with Crippen LogP contribution in [0.15, 0.2) is 24.3 Å². The van der Waals surface area contributed by atoms with E-state index < -0.39 is 0 Å². The second-order valence-electron chi connectivity index (χ2n) is 6.06. The van der Waals surface area contributed by atoms with Gasteiger partial charge in [-0.15, -0.1) is 0 Å². The molecule has 0 saturated heterocycles. The Balaban J connectivity index is 2.11. The van der Waals surface area contributed by atoms with Crippen molar-refractivity contribution in [2.45, 2.75) is 57.8 Å². The Kier molecular flexibility index (Phi) is 4.82. The van der Waals surface area contributed by atoms with E-state index in [4.69, 9.17) is 5.73 Å². The molecule has 0 aromatic heterocycles. The van der Waals surface area contributed by atoms with Gasteiger partial charge >= 0.3 is 0 Å². The highest BCUT2D eigenvalue weighted by molar-refractivity contribution is 5.28. The lowest BCUT2D eigenvalue weighted by Gasteiger charge is -2.30. The Morgan fingerprint density at radius 1 is 1.00 bits per heavy atom. The second kappa shape index (κ2) is 6.38. The van der Waals surface area contributed by atoms with Gasteiger partial charge in [-0.05, 0) is 48.3 Å². The summed E-state index contributed by atoms with van der Waals surface area (Å²) in [6, 6.07) is 9.18. The number of hydrogen-bond donors (Lipinski definition) is 1. The molecule has 0 amide bonds. The maximum atomic E-state index is 6.03. The number of benzene rings is 1. The molecule has 0 heterocycles. The van der Waals surface area contributed by atoms with E-state index in [1.165, 1.54) is 43.2 Å². The molecular weight excluding hydrogens is 218 g/mol. The van der Waals surface area contributed by atoms with Crippen molar-refractivity contribution in [2.24, 2.45) is 11.7 Å². The van der Waals surface area contributed by atoms with Crippen LogP contribution in [0, 0.1) is 5.92 Å². The first-order valence-electron chi connectivity index (χ1n) is 7.52. The highest BCUT2D eigenvalue weighted by Crippen LogP contribution is 2.35. The van der Waals surface area contributed by atoms with Crippen LogP contribution in [0.4, 0.5) is 0 Å². The Morgan fingerprint density at radius 3 is 2.06 bits per heavy atom. The molecule has 100 valence electrons. The number of nitrogens with two attached hydrogens (primary N) is 1. The minimum absolute atomic E-state index is 0.575. The van der Waals surface area contributed by atoms with Gasteiger partial charge in [0, 0.05) is 0 Å². The van der Waals surface area contributed by atoms with Gasteiger partial charge in [0.15, 0.2) is 0 Å². The predicted octanol–water partition coefficient (Wildman–Crippen LogP) is 4.43. The van der Waals surface area contributed by atoms with Crippen LogP contribution in [0.5, 0.6) is 0 Å². The summed E-state index contributed by atoms with van der Waals surface area (Å²) in [5.74, 6) is 2.00. The molecule has 0 spiro atoms. The van der Waals surface area contributed by atoms with Crippen molar-refractivity contribution in [1.29, 1.82) is 0 Å². The zero-order chi connectivity index (χ0) is 13.0. The number of hydrogen-bond acceptors (Lipinski definition) is 1. The molecule has 0 radical (unpaired) electrons. The van der Waals surface area contributed by atoms with Crippen molar-refractivity contribution in [2.75, 3.05) is 6.54 Å². The normalized spacial score (nSPS) is 19.1. The molecule has 2 rings (SSSR count). The van der Waals surface area contributed by atoms with Crippen molar-refractivity contribution < 1.29 is 0 Å². The highest BCUT2D eigenvalue weighted by atomic mass is 14.6. The zero-order valence-electron chi connectivity index (χ0n) is 11.9. The van der Waals surface area contributed by atoms with E-state index in [1.807, 2.05) is 0 Å². The second-order valence-corrected chi connectivity index (χ2v) is 6.06. The first kappa shape index (κ1) is 13.6. The topological polar surface area (TPSA) is 26.0 Å². The Hall–Kier alpha value is -0.820. The standard InChI is InChI=1S/C17H27N/c1-13(2)14-8-10-16(11-9-14)17(12-18)15-6-4-3-5-7-15/h8-11,13,15,17H,3-7,12,18H2,1-2H3. The van der Waals surface area contributed by atoms with Gasteiger partial charge in [0.25, 0.3) is 0 Å². The summed E-state index contributed by atoms with van der Waals surface area (Å²) in [5.41, 5.74) is 8.91. The lowest BCUT2D eigenvalue weighted by atomic mass is 9.76. The fraction of sp³-hybridized carbons (Fsp3) is 0.647. The third kappa shape index (κ3) is 3.14. The lowest BCUT2D eigenvalue weighted by molar-refractivity contribution is 0.307. The van der Waals surface area contributed by atoms with Crippen LogP contribution >= 0.6 is 0 Å². The van der Waals surface area contributed by atoms with Crippen LogP contribution in [0.3, 0.4) is 0 Å². The first-order valence-corrected chi connectivity index (χ1v) is 7.52. The third-order valence-electron chi connectivity index (χ3n) is 4.50. The monoisotopic (exact) mass is 245 g/mol. The summed E-state index contributed by atoms with van der Waals surface area (Å²) in [7, 11) is 0. The van der Waals surface area contributed by atoms with Crippen LogP contribution < -0.4 is 5.73 Å². The van der Waals surface area contributed by atoms with Crippen molar-refractivity contribution in [3.05, 3.63) is 35.4 Å². The average Bonchev–Trinajstić information content (AvgIpc) is 2.41. The summed E-state index contributed by atoms with van der Waals surface area (Å²) >= 11 is 0. The molecule has 0 aliphatic heterocycles. The van der Waals surface area contributed by atoms with Crippen LogP contribution in [0.25, 0.3) is 0 Å². The zero-order valence-corrected chi connectivity index (χ0v) is 11.9. The molecule has 1 aromatic carbocycles. The van der Waals surface area contributed by atoms with Crippen molar-refractivity contribution in [1.82, 2.24) is 0 Å². The molecule has 1 aromatic rings.